The quantitative estimate of drug-likeness (QED) is 0.850. The Morgan fingerprint density at radius 2 is 1.90 bits per heavy atom. The van der Waals surface area contributed by atoms with Gasteiger partial charge in [-0.15, -0.1) is 5.10 Å². The molecule has 0 aliphatic rings. The van der Waals surface area contributed by atoms with Crippen LogP contribution in [0.4, 0.5) is 5.95 Å². The van der Waals surface area contributed by atoms with Gasteiger partial charge in [-0.2, -0.15) is 5.10 Å². The van der Waals surface area contributed by atoms with E-state index >= 15 is 0 Å². The maximum absolute atomic E-state index is 11.9. The highest BCUT2D eigenvalue weighted by atomic mass is 16.4. The summed E-state index contributed by atoms with van der Waals surface area (Å²) in [6.45, 7) is 3.51. The third kappa shape index (κ3) is 2.91. The second-order valence-corrected chi connectivity index (χ2v) is 4.00. The zero-order valence-electron chi connectivity index (χ0n) is 10.8. The van der Waals surface area contributed by atoms with E-state index in [0.29, 0.717) is 11.4 Å². The van der Waals surface area contributed by atoms with Gasteiger partial charge in [0, 0.05) is 6.20 Å². The van der Waals surface area contributed by atoms with Crippen LogP contribution >= 0.6 is 0 Å². The van der Waals surface area contributed by atoms with Crippen LogP contribution in [0, 0.1) is 13.8 Å². The Morgan fingerprint density at radius 3 is 2.45 bits per heavy atom. The molecule has 20 heavy (non-hydrogen) atoms. The lowest BCUT2D eigenvalue weighted by molar-refractivity contribution is 0.0696. The average Bonchev–Trinajstić information content (AvgIpc) is 2.43. The molecule has 2 aromatic heterocycles. The Bertz CT molecular complexity index is 669. The first-order chi connectivity index (χ1) is 9.47. The molecule has 0 spiro atoms. The minimum atomic E-state index is -1.11. The number of aromatic carboxylic acids is 1. The molecule has 2 N–H and O–H groups in total. The van der Waals surface area contributed by atoms with Crippen molar-refractivity contribution in [3.8, 4) is 0 Å². The van der Waals surface area contributed by atoms with Gasteiger partial charge in [-0.3, -0.25) is 15.1 Å². The van der Waals surface area contributed by atoms with Crippen LogP contribution in [-0.4, -0.2) is 37.1 Å². The monoisotopic (exact) mass is 273 g/mol. The summed E-state index contributed by atoms with van der Waals surface area (Å²) in [7, 11) is 0. The minimum absolute atomic E-state index is 0.00523. The number of carboxylic acids is 1. The minimum Gasteiger partial charge on any atom is -0.478 e. The highest BCUT2D eigenvalue weighted by molar-refractivity contribution is 6.02. The van der Waals surface area contributed by atoms with Crippen LogP contribution in [0.5, 0.6) is 0 Å². The van der Waals surface area contributed by atoms with E-state index in [4.69, 9.17) is 5.11 Å². The number of anilines is 1. The molecule has 0 atom stereocenters. The van der Waals surface area contributed by atoms with Gasteiger partial charge < -0.3 is 5.11 Å². The van der Waals surface area contributed by atoms with Crippen molar-refractivity contribution in [3.63, 3.8) is 0 Å². The third-order valence-electron chi connectivity index (χ3n) is 2.56. The molecule has 0 fully saturated rings. The van der Waals surface area contributed by atoms with Crippen LogP contribution in [0.1, 0.15) is 32.2 Å². The zero-order chi connectivity index (χ0) is 14.7. The fourth-order valence-corrected chi connectivity index (χ4v) is 1.33. The van der Waals surface area contributed by atoms with Gasteiger partial charge >= 0.3 is 5.97 Å². The van der Waals surface area contributed by atoms with Crippen LogP contribution in [0.2, 0.25) is 0 Å². The number of pyridine rings is 1. The average molecular weight is 273 g/mol. The Kier molecular flexibility index (Phi) is 3.65. The number of aryl methyl sites for hydroxylation is 2. The van der Waals surface area contributed by atoms with Gasteiger partial charge in [0.05, 0.1) is 17.0 Å². The van der Waals surface area contributed by atoms with E-state index < -0.39 is 11.9 Å². The van der Waals surface area contributed by atoms with Gasteiger partial charge in [-0.1, -0.05) is 0 Å². The van der Waals surface area contributed by atoms with E-state index in [-0.39, 0.29) is 17.2 Å². The molecule has 0 aliphatic carbocycles. The number of rotatable bonds is 3. The second-order valence-electron chi connectivity index (χ2n) is 4.00. The van der Waals surface area contributed by atoms with Gasteiger partial charge in [-0.05, 0) is 26.0 Å². The second kappa shape index (κ2) is 5.39. The number of aromatic nitrogens is 4. The third-order valence-corrected chi connectivity index (χ3v) is 2.56. The van der Waals surface area contributed by atoms with Crippen molar-refractivity contribution in [1.82, 2.24) is 20.2 Å². The molecule has 0 aliphatic heterocycles. The number of amides is 1. The predicted octanol–water partition coefficient (Wildman–Crippen LogP) is 0.834. The molecule has 8 heteroatoms. The first kappa shape index (κ1) is 13.5. The number of nitrogens with zero attached hydrogens (tertiary/aromatic N) is 4. The number of nitrogens with one attached hydrogen (secondary N) is 1. The van der Waals surface area contributed by atoms with E-state index in [1.54, 1.807) is 13.8 Å². The molecule has 0 saturated carbocycles. The summed E-state index contributed by atoms with van der Waals surface area (Å²) in [5, 5.41) is 18.8. The Labute approximate surface area is 113 Å². The normalized spacial score (nSPS) is 10.1. The fraction of sp³-hybridized carbons (Fsp3) is 0.167. The number of hydrogen-bond acceptors (Lipinski definition) is 6. The van der Waals surface area contributed by atoms with E-state index in [1.807, 2.05) is 0 Å². The van der Waals surface area contributed by atoms with Crippen molar-refractivity contribution in [1.29, 1.82) is 0 Å². The zero-order valence-corrected chi connectivity index (χ0v) is 10.8. The molecule has 0 saturated heterocycles. The molecule has 2 aromatic rings. The number of carbonyl (C=O) groups is 2. The van der Waals surface area contributed by atoms with Crippen LogP contribution in [0.15, 0.2) is 18.3 Å². The van der Waals surface area contributed by atoms with Crippen molar-refractivity contribution in [2.75, 3.05) is 5.32 Å². The molecular weight excluding hydrogens is 262 g/mol. The van der Waals surface area contributed by atoms with E-state index in [2.05, 4.69) is 25.5 Å². The molecule has 0 bridgehead atoms. The Morgan fingerprint density at radius 1 is 1.15 bits per heavy atom. The summed E-state index contributed by atoms with van der Waals surface area (Å²) in [6, 6.07) is 2.61. The Balaban J connectivity index is 2.15. The maximum atomic E-state index is 11.9. The number of hydrogen-bond donors (Lipinski definition) is 2. The van der Waals surface area contributed by atoms with E-state index in [1.165, 1.54) is 12.1 Å². The highest BCUT2D eigenvalue weighted by Crippen LogP contribution is 2.05. The molecular formula is C12H11N5O3. The van der Waals surface area contributed by atoms with E-state index in [9.17, 15) is 9.59 Å². The molecule has 2 heterocycles. The van der Waals surface area contributed by atoms with Gasteiger partial charge in [0.15, 0.2) is 0 Å². The molecule has 102 valence electrons. The molecule has 2 rings (SSSR count). The lowest BCUT2D eigenvalue weighted by Gasteiger charge is -2.04. The van der Waals surface area contributed by atoms with Gasteiger partial charge in [0.2, 0.25) is 5.95 Å². The lowest BCUT2D eigenvalue weighted by atomic mass is 10.2. The number of carbonyl (C=O) groups excluding carboxylic acids is 1. The summed E-state index contributed by atoms with van der Waals surface area (Å²) < 4.78 is 0. The highest BCUT2D eigenvalue weighted by Gasteiger charge is 2.11. The SMILES string of the molecule is Cc1nnc(NC(=O)c2ccc(C(=O)O)cn2)nc1C. The summed E-state index contributed by atoms with van der Waals surface area (Å²) in [5.41, 5.74) is 1.40. The standard InChI is InChI=1S/C12H11N5O3/c1-6-7(2)16-17-12(14-6)15-10(18)9-4-3-8(5-13-9)11(19)20/h3-5H,1-2H3,(H,19,20)(H,14,15,17,18). The molecule has 0 radical (unpaired) electrons. The van der Waals surface area contributed by atoms with Crippen LogP contribution in [0.3, 0.4) is 0 Å². The van der Waals surface area contributed by atoms with E-state index in [0.717, 1.165) is 6.20 Å². The van der Waals surface area contributed by atoms with Crippen LogP contribution in [-0.2, 0) is 0 Å². The fourth-order valence-electron chi connectivity index (χ4n) is 1.33. The van der Waals surface area contributed by atoms with Crippen molar-refractivity contribution < 1.29 is 14.7 Å². The first-order valence-electron chi connectivity index (χ1n) is 5.66. The maximum Gasteiger partial charge on any atom is 0.337 e. The van der Waals surface area contributed by atoms with Crippen LogP contribution < -0.4 is 5.32 Å². The molecule has 0 aromatic carbocycles. The van der Waals surface area contributed by atoms with Gasteiger partial charge in [0.25, 0.3) is 5.91 Å². The first-order valence-corrected chi connectivity index (χ1v) is 5.66. The lowest BCUT2D eigenvalue weighted by Crippen LogP contribution is -2.17. The van der Waals surface area contributed by atoms with Gasteiger partial charge in [-0.25, -0.2) is 9.78 Å². The summed E-state index contributed by atoms with van der Waals surface area (Å²) in [6.07, 6.45) is 1.11. The molecule has 1 amide bonds. The largest absolute Gasteiger partial charge is 0.478 e. The van der Waals surface area contributed by atoms with Crippen molar-refractivity contribution in [3.05, 3.63) is 41.0 Å². The molecule has 0 unspecified atom stereocenters. The summed E-state index contributed by atoms with van der Waals surface area (Å²) in [5.74, 6) is -1.57. The number of carboxylic acid groups (broad SMARTS) is 1. The predicted molar refractivity (Wildman–Crippen MR) is 68.5 cm³/mol. The topological polar surface area (TPSA) is 118 Å². The van der Waals surface area contributed by atoms with Crippen molar-refractivity contribution >= 4 is 17.8 Å². The summed E-state index contributed by atoms with van der Waals surface area (Å²) in [4.78, 5) is 30.4. The molecule has 8 nitrogen and oxygen atoms in total. The van der Waals surface area contributed by atoms with Crippen LogP contribution in [0.25, 0.3) is 0 Å². The van der Waals surface area contributed by atoms with Gasteiger partial charge in [0.1, 0.15) is 5.69 Å². The summed E-state index contributed by atoms with van der Waals surface area (Å²) >= 11 is 0. The van der Waals surface area contributed by atoms with Crippen molar-refractivity contribution in [2.45, 2.75) is 13.8 Å². The van der Waals surface area contributed by atoms with Crippen molar-refractivity contribution in [2.24, 2.45) is 0 Å². The smallest absolute Gasteiger partial charge is 0.337 e. The Hall–Kier alpha value is -2.90.